The molecule has 0 aliphatic rings. The molecule has 1 unspecified atom stereocenters. The van der Waals surface area contributed by atoms with Gasteiger partial charge in [-0.2, -0.15) is 0 Å². The summed E-state index contributed by atoms with van der Waals surface area (Å²) in [4.78, 5) is 8.93. The van der Waals surface area contributed by atoms with E-state index >= 15 is 0 Å². The second-order valence-corrected chi connectivity index (χ2v) is 5.51. The van der Waals surface area contributed by atoms with Gasteiger partial charge in [-0.3, -0.25) is 4.98 Å². The molecule has 0 saturated carbocycles. The summed E-state index contributed by atoms with van der Waals surface area (Å²) in [5.74, 6) is 0. The minimum atomic E-state index is -0.0149. The first-order valence-corrected chi connectivity index (χ1v) is 7.37. The van der Waals surface area contributed by atoms with Crippen LogP contribution in [0.5, 0.6) is 0 Å². The minimum Gasteiger partial charge on any atom is -0.324 e. The van der Waals surface area contributed by atoms with Gasteiger partial charge in [-0.1, -0.05) is 36.4 Å². The van der Waals surface area contributed by atoms with Gasteiger partial charge in [0, 0.05) is 24.0 Å². The molecule has 1 atom stereocenters. The molecule has 1 aromatic carbocycles. The summed E-state index contributed by atoms with van der Waals surface area (Å²) in [7, 11) is 0. The Morgan fingerprint density at radius 1 is 1.00 bits per heavy atom. The molecule has 0 radical (unpaired) electrons. The van der Waals surface area contributed by atoms with E-state index in [4.69, 9.17) is 5.73 Å². The van der Waals surface area contributed by atoms with E-state index in [2.05, 4.69) is 22.1 Å². The topological polar surface area (TPSA) is 51.8 Å². The zero-order valence-corrected chi connectivity index (χ0v) is 11.8. The van der Waals surface area contributed by atoms with E-state index in [0.717, 1.165) is 28.4 Å². The van der Waals surface area contributed by atoms with Crippen molar-refractivity contribution >= 4 is 11.3 Å². The van der Waals surface area contributed by atoms with Crippen LogP contribution in [0.15, 0.2) is 60.1 Å². The number of nitrogens with two attached hydrogens (primary N) is 1. The van der Waals surface area contributed by atoms with Crippen molar-refractivity contribution in [1.29, 1.82) is 0 Å². The standard InChI is InChI=1S/C16H15N3S/c17-13(12-6-2-1-3-7-12)10-16-19-15(11-20-16)14-8-4-5-9-18-14/h1-9,11,13H,10,17H2. The number of hydrogen-bond donors (Lipinski definition) is 1. The van der Waals surface area contributed by atoms with Crippen LogP contribution in [0.1, 0.15) is 16.6 Å². The van der Waals surface area contributed by atoms with Gasteiger partial charge in [0.05, 0.1) is 16.4 Å². The molecule has 0 aliphatic carbocycles. The van der Waals surface area contributed by atoms with Crippen LogP contribution >= 0.6 is 11.3 Å². The Labute approximate surface area is 122 Å². The summed E-state index contributed by atoms with van der Waals surface area (Å²) in [6, 6.07) is 16.0. The van der Waals surface area contributed by atoms with E-state index in [1.165, 1.54) is 0 Å². The van der Waals surface area contributed by atoms with Gasteiger partial charge in [0.25, 0.3) is 0 Å². The monoisotopic (exact) mass is 281 g/mol. The smallest absolute Gasteiger partial charge is 0.0998 e. The molecule has 2 aromatic heterocycles. The lowest BCUT2D eigenvalue weighted by Crippen LogP contribution is -2.12. The fraction of sp³-hybridized carbons (Fsp3) is 0.125. The Morgan fingerprint density at radius 3 is 2.55 bits per heavy atom. The first-order chi connectivity index (χ1) is 9.83. The maximum Gasteiger partial charge on any atom is 0.0998 e. The highest BCUT2D eigenvalue weighted by atomic mass is 32.1. The predicted molar refractivity (Wildman–Crippen MR) is 82.4 cm³/mol. The van der Waals surface area contributed by atoms with Crippen molar-refractivity contribution in [2.45, 2.75) is 12.5 Å². The summed E-state index contributed by atoms with van der Waals surface area (Å²) in [6.45, 7) is 0. The van der Waals surface area contributed by atoms with Gasteiger partial charge in [-0.15, -0.1) is 11.3 Å². The molecule has 0 spiro atoms. The van der Waals surface area contributed by atoms with E-state index in [1.54, 1.807) is 17.5 Å². The lowest BCUT2D eigenvalue weighted by atomic mass is 10.1. The molecule has 0 saturated heterocycles. The summed E-state index contributed by atoms with van der Waals surface area (Å²) >= 11 is 1.64. The molecule has 3 rings (SSSR count). The number of benzene rings is 1. The third-order valence-corrected chi connectivity index (χ3v) is 3.97. The molecule has 2 N–H and O–H groups in total. The average molecular weight is 281 g/mol. The molecule has 4 heteroatoms. The van der Waals surface area contributed by atoms with Gasteiger partial charge in [0.15, 0.2) is 0 Å². The van der Waals surface area contributed by atoms with Gasteiger partial charge >= 0.3 is 0 Å². The molecule has 3 nitrogen and oxygen atoms in total. The number of rotatable bonds is 4. The largest absolute Gasteiger partial charge is 0.324 e. The van der Waals surface area contributed by atoms with Crippen LogP contribution in [0, 0.1) is 0 Å². The van der Waals surface area contributed by atoms with E-state index in [9.17, 15) is 0 Å². The Hall–Kier alpha value is -2.04. The molecule has 0 fully saturated rings. The summed E-state index contributed by atoms with van der Waals surface area (Å²) < 4.78 is 0. The lowest BCUT2D eigenvalue weighted by Gasteiger charge is -2.09. The van der Waals surface area contributed by atoms with Gasteiger partial charge in [-0.05, 0) is 17.7 Å². The van der Waals surface area contributed by atoms with E-state index < -0.39 is 0 Å². The molecule has 0 amide bonds. The van der Waals surface area contributed by atoms with Crippen molar-refractivity contribution in [1.82, 2.24) is 9.97 Å². The second-order valence-electron chi connectivity index (χ2n) is 4.56. The highest BCUT2D eigenvalue weighted by molar-refractivity contribution is 7.09. The van der Waals surface area contributed by atoms with Crippen LogP contribution in [0.3, 0.4) is 0 Å². The number of aromatic nitrogens is 2. The third-order valence-electron chi connectivity index (χ3n) is 3.10. The zero-order valence-electron chi connectivity index (χ0n) is 10.9. The van der Waals surface area contributed by atoms with Crippen molar-refractivity contribution in [2.75, 3.05) is 0 Å². The van der Waals surface area contributed by atoms with Crippen molar-refractivity contribution in [3.8, 4) is 11.4 Å². The SMILES string of the molecule is NC(Cc1nc(-c2ccccn2)cs1)c1ccccc1. The molecule has 20 heavy (non-hydrogen) atoms. The van der Waals surface area contributed by atoms with Crippen LogP contribution in [-0.4, -0.2) is 9.97 Å². The Morgan fingerprint density at radius 2 is 1.80 bits per heavy atom. The highest BCUT2D eigenvalue weighted by Crippen LogP contribution is 2.23. The number of nitrogens with zero attached hydrogens (tertiary/aromatic N) is 2. The number of thiazole rings is 1. The molecule has 3 aromatic rings. The van der Waals surface area contributed by atoms with Crippen molar-refractivity contribution in [2.24, 2.45) is 5.73 Å². The lowest BCUT2D eigenvalue weighted by molar-refractivity contribution is 0.718. The van der Waals surface area contributed by atoms with Crippen molar-refractivity contribution in [3.63, 3.8) is 0 Å². The number of pyridine rings is 1. The Bertz CT molecular complexity index is 664. The molecule has 2 heterocycles. The van der Waals surface area contributed by atoms with Gasteiger partial charge in [0.1, 0.15) is 0 Å². The molecule has 0 bridgehead atoms. The molecular weight excluding hydrogens is 266 g/mol. The maximum absolute atomic E-state index is 6.23. The number of hydrogen-bond acceptors (Lipinski definition) is 4. The van der Waals surface area contributed by atoms with Crippen LogP contribution < -0.4 is 5.73 Å². The van der Waals surface area contributed by atoms with Crippen LogP contribution in [-0.2, 0) is 6.42 Å². The average Bonchev–Trinajstić information content (AvgIpc) is 2.97. The normalized spacial score (nSPS) is 12.2. The summed E-state index contributed by atoms with van der Waals surface area (Å²) in [5, 5.41) is 3.08. The first kappa shape index (κ1) is 13.0. The Kier molecular flexibility index (Phi) is 3.85. The quantitative estimate of drug-likeness (QED) is 0.797. The molecule has 100 valence electrons. The third kappa shape index (κ3) is 2.92. The first-order valence-electron chi connectivity index (χ1n) is 6.49. The van der Waals surface area contributed by atoms with Crippen molar-refractivity contribution < 1.29 is 0 Å². The van der Waals surface area contributed by atoms with E-state index in [1.807, 2.05) is 41.8 Å². The zero-order chi connectivity index (χ0) is 13.8. The van der Waals surface area contributed by atoms with E-state index in [0.29, 0.717) is 0 Å². The van der Waals surface area contributed by atoms with Crippen LogP contribution in [0.4, 0.5) is 0 Å². The molecule has 0 aliphatic heterocycles. The van der Waals surface area contributed by atoms with Crippen LogP contribution in [0.2, 0.25) is 0 Å². The van der Waals surface area contributed by atoms with Gasteiger partial charge in [0.2, 0.25) is 0 Å². The fourth-order valence-corrected chi connectivity index (χ4v) is 2.89. The summed E-state index contributed by atoms with van der Waals surface area (Å²) in [5.41, 5.74) is 9.19. The van der Waals surface area contributed by atoms with E-state index in [-0.39, 0.29) is 6.04 Å². The second kappa shape index (κ2) is 5.94. The molecular formula is C16H15N3S. The van der Waals surface area contributed by atoms with Gasteiger partial charge in [-0.25, -0.2) is 4.98 Å². The maximum atomic E-state index is 6.23. The fourth-order valence-electron chi connectivity index (χ4n) is 2.04. The van der Waals surface area contributed by atoms with Crippen LogP contribution in [0.25, 0.3) is 11.4 Å². The van der Waals surface area contributed by atoms with Crippen molar-refractivity contribution in [3.05, 3.63) is 70.7 Å². The van der Waals surface area contributed by atoms with Gasteiger partial charge < -0.3 is 5.73 Å². The summed E-state index contributed by atoms with van der Waals surface area (Å²) in [6.07, 6.45) is 2.53. The minimum absolute atomic E-state index is 0.0149. The Balaban J connectivity index is 1.75. The highest BCUT2D eigenvalue weighted by Gasteiger charge is 2.11. The predicted octanol–water partition coefficient (Wildman–Crippen LogP) is 3.45.